The van der Waals surface area contributed by atoms with Crippen LogP contribution in [0.25, 0.3) is 0 Å². The van der Waals surface area contributed by atoms with Gasteiger partial charge in [0.15, 0.2) is 0 Å². The number of carbonyl (C=O) groups is 1. The molecule has 1 heterocycles. The fraction of sp³-hybridized carbons (Fsp3) is 0.938. The summed E-state index contributed by atoms with van der Waals surface area (Å²) >= 11 is 0. The van der Waals surface area contributed by atoms with E-state index in [4.69, 9.17) is 4.74 Å². The highest BCUT2D eigenvalue weighted by Crippen LogP contribution is 2.20. The molecule has 1 saturated heterocycles. The van der Waals surface area contributed by atoms with E-state index in [9.17, 15) is 4.79 Å². The van der Waals surface area contributed by atoms with Gasteiger partial charge in [0.1, 0.15) is 5.60 Å². The SMILES string of the molecule is C1CC1.CC.CN1CCC(C(=O)OC(C)(C)C)CC1. The summed E-state index contributed by atoms with van der Waals surface area (Å²) in [6.07, 6.45) is 6.37. The molecule has 0 aromatic rings. The Morgan fingerprint density at radius 3 is 1.79 bits per heavy atom. The molecule has 0 amide bonds. The molecule has 0 radical (unpaired) electrons. The summed E-state index contributed by atoms with van der Waals surface area (Å²) in [6.45, 7) is 11.8. The van der Waals surface area contributed by atoms with E-state index in [1.807, 2.05) is 34.6 Å². The van der Waals surface area contributed by atoms with Gasteiger partial charge in [-0.1, -0.05) is 33.1 Å². The number of rotatable bonds is 1. The number of nitrogens with zero attached hydrogens (tertiary/aromatic N) is 1. The highest BCUT2D eigenvalue weighted by molar-refractivity contribution is 5.73. The number of piperidine rings is 1. The Balaban J connectivity index is 0.000000548. The van der Waals surface area contributed by atoms with E-state index < -0.39 is 0 Å². The second-order valence-electron chi connectivity index (χ2n) is 6.17. The fourth-order valence-corrected chi connectivity index (χ4v) is 1.63. The maximum atomic E-state index is 11.7. The van der Waals surface area contributed by atoms with Crippen LogP contribution in [0.1, 0.15) is 66.7 Å². The third-order valence-corrected chi connectivity index (χ3v) is 2.81. The Kier molecular flexibility index (Phi) is 9.07. The lowest BCUT2D eigenvalue weighted by Gasteiger charge is -2.30. The van der Waals surface area contributed by atoms with Gasteiger partial charge in [-0.05, 0) is 53.8 Å². The van der Waals surface area contributed by atoms with Crippen molar-refractivity contribution in [3.63, 3.8) is 0 Å². The maximum absolute atomic E-state index is 11.7. The van der Waals surface area contributed by atoms with Gasteiger partial charge in [0, 0.05) is 0 Å². The molecular formula is C16H33NO2. The molecule has 0 spiro atoms. The van der Waals surface area contributed by atoms with Crippen molar-refractivity contribution in [3.05, 3.63) is 0 Å². The Morgan fingerprint density at radius 1 is 1.05 bits per heavy atom. The Labute approximate surface area is 119 Å². The Morgan fingerprint density at radius 2 is 1.47 bits per heavy atom. The summed E-state index contributed by atoms with van der Waals surface area (Å²) in [5.41, 5.74) is -0.347. The summed E-state index contributed by atoms with van der Waals surface area (Å²) in [4.78, 5) is 13.9. The standard InChI is InChI=1S/C11H21NO2.C3H6.C2H6/c1-11(2,3)14-10(13)9-5-7-12(4)8-6-9;1-2-3-1;1-2/h9H,5-8H2,1-4H3;1-3H2;1-2H3. The topological polar surface area (TPSA) is 29.5 Å². The highest BCUT2D eigenvalue weighted by Gasteiger charge is 2.27. The second-order valence-corrected chi connectivity index (χ2v) is 6.17. The lowest BCUT2D eigenvalue weighted by molar-refractivity contribution is -0.161. The maximum Gasteiger partial charge on any atom is 0.309 e. The van der Waals surface area contributed by atoms with Crippen molar-refractivity contribution in [2.45, 2.75) is 72.3 Å². The van der Waals surface area contributed by atoms with Gasteiger partial charge in [-0.2, -0.15) is 0 Å². The minimum Gasteiger partial charge on any atom is -0.460 e. The van der Waals surface area contributed by atoms with Gasteiger partial charge in [0.25, 0.3) is 0 Å². The van der Waals surface area contributed by atoms with E-state index in [1.54, 1.807) is 0 Å². The zero-order valence-corrected chi connectivity index (χ0v) is 13.8. The van der Waals surface area contributed by atoms with Crippen molar-refractivity contribution < 1.29 is 9.53 Å². The third-order valence-electron chi connectivity index (χ3n) is 2.81. The smallest absolute Gasteiger partial charge is 0.309 e. The van der Waals surface area contributed by atoms with Crippen molar-refractivity contribution >= 4 is 5.97 Å². The first-order valence-corrected chi connectivity index (χ1v) is 7.80. The lowest BCUT2D eigenvalue weighted by atomic mass is 9.97. The van der Waals surface area contributed by atoms with Gasteiger partial charge in [0.2, 0.25) is 0 Å². The van der Waals surface area contributed by atoms with Crippen molar-refractivity contribution in [3.8, 4) is 0 Å². The lowest BCUT2D eigenvalue weighted by Crippen LogP contribution is -2.36. The van der Waals surface area contributed by atoms with Crippen LogP contribution in [-0.2, 0) is 9.53 Å². The zero-order chi connectivity index (χ0) is 14.9. The summed E-state index contributed by atoms with van der Waals surface area (Å²) in [5, 5.41) is 0. The molecule has 1 saturated carbocycles. The van der Waals surface area contributed by atoms with E-state index in [-0.39, 0.29) is 17.5 Å². The first-order valence-electron chi connectivity index (χ1n) is 7.80. The number of hydrogen-bond acceptors (Lipinski definition) is 3. The molecule has 114 valence electrons. The molecule has 2 fully saturated rings. The van der Waals surface area contributed by atoms with Crippen LogP contribution in [0.2, 0.25) is 0 Å². The highest BCUT2D eigenvalue weighted by atomic mass is 16.6. The normalized spacial score (nSPS) is 19.5. The van der Waals surface area contributed by atoms with E-state index in [0.29, 0.717) is 0 Å². The van der Waals surface area contributed by atoms with E-state index in [2.05, 4.69) is 11.9 Å². The molecule has 0 atom stereocenters. The molecule has 3 heteroatoms. The largest absolute Gasteiger partial charge is 0.460 e. The second kappa shape index (κ2) is 9.35. The zero-order valence-electron chi connectivity index (χ0n) is 13.8. The van der Waals surface area contributed by atoms with Crippen LogP contribution in [0.4, 0.5) is 0 Å². The predicted molar refractivity (Wildman–Crippen MR) is 81.3 cm³/mol. The van der Waals surface area contributed by atoms with Gasteiger partial charge < -0.3 is 9.64 Å². The van der Waals surface area contributed by atoms with Gasteiger partial charge in [0.05, 0.1) is 5.92 Å². The van der Waals surface area contributed by atoms with Crippen LogP contribution >= 0.6 is 0 Å². The van der Waals surface area contributed by atoms with Crippen LogP contribution in [0, 0.1) is 5.92 Å². The van der Waals surface area contributed by atoms with E-state index in [1.165, 1.54) is 19.3 Å². The average molecular weight is 271 g/mol. The molecule has 1 aliphatic carbocycles. The summed E-state index contributed by atoms with van der Waals surface area (Å²) in [5.74, 6) is 0.0935. The summed E-state index contributed by atoms with van der Waals surface area (Å²) in [6, 6.07) is 0. The Hall–Kier alpha value is -0.570. The summed E-state index contributed by atoms with van der Waals surface area (Å²) in [7, 11) is 2.09. The first-order chi connectivity index (χ1) is 8.88. The van der Waals surface area contributed by atoms with Crippen LogP contribution in [-0.4, -0.2) is 36.6 Å². The molecule has 0 N–H and O–H groups in total. The number of carbonyl (C=O) groups excluding carboxylic acids is 1. The molecule has 0 unspecified atom stereocenters. The van der Waals surface area contributed by atoms with Crippen LogP contribution in [0.15, 0.2) is 0 Å². The number of esters is 1. The molecule has 0 aromatic carbocycles. The molecule has 0 bridgehead atoms. The molecule has 3 nitrogen and oxygen atoms in total. The van der Waals surface area contributed by atoms with Gasteiger partial charge in [-0.3, -0.25) is 4.79 Å². The molecule has 1 aliphatic heterocycles. The number of ether oxygens (including phenoxy) is 1. The molecule has 2 rings (SSSR count). The van der Waals surface area contributed by atoms with Crippen LogP contribution in [0.3, 0.4) is 0 Å². The van der Waals surface area contributed by atoms with E-state index >= 15 is 0 Å². The predicted octanol–water partition coefficient (Wildman–Crippen LogP) is 3.87. The minimum atomic E-state index is -0.347. The van der Waals surface area contributed by atoms with Crippen molar-refractivity contribution in [2.75, 3.05) is 20.1 Å². The molecule has 0 aromatic heterocycles. The Bertz CT molecular complexity index is 233. The first kappa shape index (κ1) is 18.4. The van der Waals surface area contributed by atoms with E-state index in [0.717, 1.165) is 25.9 Å². The van der Waals surface area contributed by atoms with Crippen LogP contribution < -0.4 is 0 Å². The molecule has 19 heavy (non-hydrogen) atoms. The monoisotopic (exact) mass is 271 g/mol. The molecule has 2 aliphatic rings. The van der Waals surface area contributed by atoms with Gasteiger partial charge >= 0.3 is 5.97 Å². The van der Waals surface area contributed by atoms with Crippen molar-refractivity contribution in [1.82, 2.24) is 4.90 Å². The number of hydrogen-bond donors (Lipinski definition) is 0. The molecular weight excluding hydrogens is 238 g/mol. The van der Waals surface area contributed by atoms with Crippen molar-refractivity contribution in [1.29, 1.82) is 0 Å². The van der Waals surface area contributed by atoms with Crippen molar-refractivity contribution in [2.24, 2.45) is 5.92 Å². The minimum absolute atomic E-state index is 0.0226. The fourth-order valence-electron chi connectivity index (χ4n) is 1.63. The van der Waals surface area contributed by atoms with Gasteiger partial charge in [-0.15, -0.1) is 0 Å². The average Bonchev–Trinajstić information content (AvgIpc) is 3.18. The summed E-state index contributed by atoms with van der Waals surface area (Å²) < 4.78 is 5.35. The number of likely N-dealkylation sites (tertiary alicyclic amines) is 1. The quantitative estimate of drug-likeness (QED) is 0.678. The van der Waals surface area contributed by atoms with Crippen LogP contribution in [0.5, 0.6) is 0 Å². The van der Waals surface area contributed by atoms with Gasteiger partial charge in [-0.25, -0.2) is 0 Å². The third kappa shape index (κ3) is 11.0.